The number of ether oxygens (including phenoxy) is 1. The number of aromatic hydroxyl groups is 1. The number of amides is 2. The number of aliphatic carboxylic acids is 1. The number of carboxylic acid groups (broad SMARTS) is 1. The van der Waals surface area contributed by atoms with Gasteiger partial charge in [-0.1, -0.05) is 0 Å². The van der Waals surface area contributed by atoms with Crippen LogP contribution in [0.1, 0.15) is 19.4 Å². The van der Waals surface area contributed by atoms with Crippen molar-refractivity contribution in [3.8, 4) is 17.2 Å². The molecule has 1 atom stereocenters. The molecule has 0 unspecified atom stereocenters. The summed E-state index contributed by atoms with van der Waals surface area (Å²) in [5, 5.41) is 19.5. The molecule has 160 valence electrons. The van der Waals surface area contributed by atoms with Crippen molar-refractivity contribution < 1.29 is 29.3 Å². The number of benzene rings is 2. The second-order valence-corrected chi connectivity index (χ2v) is 10.8. The van der Waals surface area contributed by atoms with Crippen molar-refractivity contribution in [2.24, 2.45) is 0 Å². The Morgan fingerprint density at radius 2 is 1.40 bits per heavy atom. The number of carbonyl (C=O) groups is 3. The van der Waals surface area contributed by atoms with Crippen LogP contribution in [-0.2, 0) is 20.8 Å². The van der Waals surface area contributed by atoms with Crippen LogP contribution in [0.25, 0.3) is 0 Å². The first-order valence-electron chi connectivity index (χ1n) is 8.29. The van der Waals surface area contributed by atoms with Crippen molar-refractivity contribution >= 4 is 108 Å². The molecule has 0 heterocycles. The smallest absolute Gasteiger partial charge is 0.327 e. The second-order valence-electron chi connectivity index (χ2n) is 6.19. The van der Waals surface area contributed by atoms with Crippen LogP contribution in [0.3, 0.4) is 0 Å². The lowest BCUT2D eigenvalue weighted by atomic mass is 10.0. The van der Waals surface area contributed by atoms with Gasteiger partial charge in [-0.2, -0.15) is 0 Å². The first kappa shape index (κ1) is 25.8. The fraction of sp³-hybridized carbons (Fsp3) is 0.211. The molecule has 11 heteroatoms. The number of imide groups is 1. The number of hydrogen-bond donors (Lipinski definition) is 2. The highest BCUT2D eigenvalue weighted by Gasteiger charge is 2.31. The monoisotopic (exact) mass is 861 g/mol. The summed E-state index contributed by atoms with van der Waals surface area (Å²) in [6, 6.07) is 5.68. The molecule has 0 aliphatic carbocycles. The fourth-order valence-corrected chi connectivity index (χ4v) is 6.55. The number of nitrogens with zero attached hydrogens (tertiary/aromatic N) is 1. The molecule has 0 spiro atoms. The van der Waals surface area contributed by atoms with E-state index in [1.165, 1.54) is 13.8 Å². The summed E-state index contributed by atoms with van der Waals surface area (Å²) in [5.74, 6) is -1.12. The summed E-state index contributed by atoms with van der Waals surface area (Å²) in [4.78, 5) is 36.1. The summed E-state index contributed by atoms with van der Waals surface area (Å²) in [7, 11) is 0. The number of rotatable bonds is 6. The number of carbonyl (C=O) groups excluding carboxylic acids is 2. The average Bonchev–Trinajstić information content (AvgIpc) is 2.61. The number of hydrogen-bond acceptors (Lipinski definition) is 5. The molecule has 0 saturated carbocycles. The SMILES string of the molecule is CC(=O)N(C(C)=O)[C@@H](Cc1cc(I)c(Oc2cc(I)c(O)c(I)c2)c(I)c1)C(=O)O. The van der Waals surface area contributed by atoms with E-state index >= 15 is 0 Å². The van der Waals surface area contributed by atoms with Crippen molar-refractivity contribution in [3.05, 3.63) is 44.1 Å². The van der Waals surface area contributed by atoms with Crippen molar-refractivity contribution in [1.82, 2.24) is 4.90 Å². The predicted molar refractivity (Wildman–Crippen MR) is 144 cm³/mol. The first-order chi connectivity index (χ1) is 13.9. The van der Waals surface area contributed by atoms with Crippen LogP contribution in [0.15, 0.2) is 24.3 Å². The molecule has 2 rings (SSSR count). The van der Waals surface area contributed by atoms with Gasteiger partial charge in [0.15, 0.2) is 5.75 Å². The summed E-state index contributed by atoms with van der Waals surface area (Å²) in [6.07, 6.45) is -0.0181. The van der Waals surface area contributed by atoms with Gasteiger partial charge in [-0.05, 0) is 120 Å². The number of halogens is 4. The molecule has 2 aromatic carbocycles. The van der Waals surface area contributed by atoms with Crippen molar-refractivity contribution in [3.63, 3.8) is 0 Å². The molecular formula is C19H15I4NO6. The minimum atomic E-state index is -1.29. The van der Waals surface area contributed by atoms with Crippen LogP contribution in [-0.4, -0.2) is 38.9 Å². The standard InChI is InChI=1S/C19H15I4NO6/c1-8(25)24(9(2)26)16(19(28)29)5-10-3-14(22)18(15(23)4-10)30-11-6-12(20)17(27)13(21)7-11/h3-4,6-7,16,27H,5H2,1-2H3,(H,28,29)/t16-/m0/s1. The van der Waals surface area contributed by atoms with Gasteiger partial charge in [0.05, 0.1) is 14.3 Å². The third-order valence-electron chi connectivity index (χ3n) is 3.97. The van der Waals surface area contributed by atoms with Gasteiger partial charge in [-0.25, -0.2) is 4.79 Å². The van der Waals surface area contributed by atoms with Crippen molar-refractivity contribution in [2.75, 3.05) is 0 Å². The van der Waals surface area contributed by atoms with Crippen LogP contribution in [0.4, 0.5) is 0 Å². The molecule has 0 saturated heterocycles. The van der Waals surface area contributed by atoms with E-state index in [0.717, 1.165) is 12.0 Å². The zero-order chi connectivity index (χ0) is 22.7. The number of phenols is 1. The average molecular weight is 861 g/mol. The summed E-state index contributed by atoms with van der Waals surface area (Å²) in [5.41, 5.74) is 0.658. The van der Waals surface area contributed by atoms with Gasteiger partial charge in [0, 0.05) is 20.3 Å². The lowest BCUT2D eigenvalue weighted by Gasteiger charge is -2.25. The number of phenolic OH excluding ortho intramolecular Hbond substituents is 1. The topological polar surface area (TPSA) is 104 Å². The Bertz CT molecular complexity index is 966. The first-order valence-corrected chi connectivity index (χ1v) is 12.6. The van der Waals surface area contributed by atoms with Crippen molar-refractivity contribution in [2.45, 2.75) is 26.3 Å². The highest BCUT2D eigenvalue weighted by Crippen LogP contribution is 2.37. The molecule has 0 aromatic heterocycles. The third kappa shape index (κ3) is 6.30. The summed E-state index contributed by atoms with van der Waals surface area (Å²) >= 11 is 8.23. The van der Waals surface area contributed by atoms with Gasteiger partial charge in [-0.3, -0.25) is 14.5 Å². The molecule has 0 radical (unpaired) electrons. The zero-order valence-electron chi connectivity index (χ0n) is 15.6. The Kier molecular flexibility index (Phi) is 9.41. The van der Waals surface area contributed by atoms with E-state index in [0.29, 0.717) is 24.2 Å². The van der Waals surface area contributed by atoms with Gasteiger partial charge in [0.25, 0.3) is 0 Å². The Labute approximate surface area is 227 Å². The fourth-order valence-electron chi connectivity index (χ4n) is 2.72. The maximum absolute atomic E-state index is 11.8. The predicted octanol–water partition coefficient (Wildman–Crippen LogP) is 4.99. The molecular weight excluding hydrogens is 846 g/mol. The Hall–Kier alpha value is -0.430. The van der Waals surface area contributed by atoms with E-state index in [-0.39, 0.29) is 12.2 Å². The van der Waals surface area contributed by atoms with E-state index in [9.17, 15) is 24.6 Å². The molecule has 0 bridgehead atoms. The van der Waals surface area contributed by atoms with Gasteiger partial charge in [0.1, 0.15) is 17.5 Å². The molecule has 0 aliphatic heterocycles. The Balaban J connectivity index is 2.36. The Morgan fingerprint density at radius 1 is 0.933 bits per heavy atom. The van der Waals surface area contributed by atoms with E-state index in [1.54, 1.807) is 24.3 Å². The van der Waals surface area contributed by atoms with Crippen LogP contribution >= 0.6 is 90.4 Å². The van der Waals surface area contributed by atoms with E-state index in [1.807, 2.05) is 45.2 Å². The lowest BCUT2D eigenvalue weighted by molar-refractivity contribution is -0.156. The quantitative estimate of drug-likeness (QED) is 0.397. The normalized spacial score (nSPS) is 11.7. The van der Waals surface area contributed by atoms with Crippen molar-refractivity contribution in [1.29, 1.82) is 0 Å². The number of carboxylic acids is 1. The van der Waals surface area contributed by atoms with Crippen LogP contribution < -0.4 is 4.74 Å². The van der Waals surface area contributed by atoms with Gasteiger partial charge >= 0.3 is 5.97 Å². The highest BCUT2D eigenvalue weighted by atomic mass is 127. The zero-order valence-corrected chi connectivity index (χ0v) is 24.2. The third-order valence-corrected chi connectivity index (χ3v) is 7.22. The largest absolute Gasteiger partial charge is 0.506 e. The van der Waals surface area contributed by atoms with E-state index in [4.69, 9.17) is 4.74 Å². The van der Waals surface area contributed by atoms with E-state index < -0.39 is 23.8 Å². The lowest BCUT2D eigenvalue weighted by Crippen LogP contribution is -2.48. The molecule has 2 amide bonds. The van der Waals surface area contributed by atoms with Crippen LogP contribution in [0.5, 0.6) is 17.2 Å². The van der Waals surface area contributed by atoms with Gasteiger partial charge < -0.3 is 14.9 Å². The highest BCUT2D eigenvalue weighted by molar-refractivity contribution is 14.1. The molecule has 2 aromatic rings. The van der Waals surface area contributed by atoms with Crippen LogP contribution in [0, 0.1) is 14.3 Å². The van der Waals surface area contributed by atoms with Crippen LogP contribution in [0.2, 0.25) is 0 Å². The Morgan fingerprint density at radius 3 is 1.80 bits per heavy atom. The molecule has 0 fully saturated rings. The maximum Gasteiger partial charge on any atom is 0.327 e. The molecule has 7 nitrogen and oxygen atoms in total. The second kappa shape index (κ2) is 10.9. The molecule has 30 heavy (non-hydrogen) atoms. The molecule has 2 N–H and O–H groups in total. The minimum absolute atomic E-state index is 0.0181. The van der Waals surface area contributed by atoms with Gasteiger partial charge in [-0.15, -0.1) is 0 Å². The maximum atomic E-state index is 11.8. The summed E-state index contributed by atoms with van der Waals surface area (Å²) < 4.78 is 8.83. The summed E-state index contributed by atoms with van der Waals surface area (Å²) in [6.45, 7) is 2.34. The van der Waals surface area contributed by atoms with E-state index in [2.05, 4.69) is 45.2 Å². The van der Waals surface area contributed by atoms with Gasteiger partial charge in [0.2, 0.25) is 11.8 Å². The minimum Gasteiger partial charge on any atom is -0.506 e. The molecule has 0 aliphatic rings.